The van der Waals surface area contributed by atoms with Gasteiger partial charge in [-0.2, -0.15) is 0 Å². The predicted molar refractivity (Wildman–Crippen MR) is 106 cm³/mol. The Bertz CT molecular complexity index is 860. The summed E-state index contributed by atoms with van der Waals surface area (Å²) in [5.41, 5.74) is 7.08. The number of rotatable bonds is 9. The molecule has 0 aliphatic rings. The van der Waals surface area contributed by atoms with Crippen molar-refractivity contribution in [1.29, 1.82) is 0 Å². The normalized spacial score (nSPS) is 11.5. The highest BCUT2D eigenvalue weighted by atomic mass is 32.2. The molecule has 8 heteroatoms. The van der Waals surface area contributed by atoms with Crippen LogP contribution in [0.4, 0.5) is 5.69 Å². The van der Waals surface area contributed by atoms with Gasteiger partial charge in [0.1, 0.15) is 0 Å². The minimum atomic E-state index is -3.62. The molecule has 1 amide bonds. The number of benzene rings is 1. The molecule has 0 fully saturated rings. The van der Waals surface area contributed by atoms with Gasteiger partial charge < -0.3 is 11.1 Å². The van der Waals surface area contributed by atoms with E-state index in [9.17, 15) is 13.2 Å². The highest BCUT2D eigenvalue weighted by Gasteiger charge is 2.14. The number of aryl methyl sites for hydroxylation is 3. The van der Waals surface area contributed by atoms with E-state index in [-0.39, 0.29) is 23.9 Å². The predicted octanol–water partition coefficient (Wildman–Crippen LogP) is 2.56. The lowest BCUT2D eigenvalue weighted by Crippen LogP contribution is -2.29. The topological polar surface area (TPSA) is 101 Å². The van der Waals surface area contributed by atoms with Crippen LogP contribution in [0.2, 0.25) is 0 Å². The lowest BCUT2D eigenvalue weighted by Gasteiger charge is -2.09. The van der Waals surface area contributed by atoms with Crippen molar-refractivity contribution in [3.05, 3.63) is 45.6 Å². The smallest absolute Gasteiger partial charge is 0.240 e. The van der Waals surface area contributed by atoms with Gasteiger partial charge in [0.2, 0.25) is 15.9 Å². The van der Waals surface area contributed by atoms with E-state index in [0.717, 1.165) is 12.8 Å². The van der Waals surface area contributed by atoms with Crippen molar-refractivity contribution in [2.24, 2.45) is 5.73 Å². The summed E-state index contributed by atoms with van der Waals surface area (Å²) in [7, 11) is -3.62. The summed E-state index contributed by atoms with van der Waals surface area (Å²) in [4.78, 5) is 14.8. The number of sulfonamides is 1. The molecule has 0 unspecified atom stereocenters. The second kappa shape index (κ2) is 9.27. The number of nitrogens with one attached hydrogen (secondary N) is 2. The molecule has 0 atom stereocenters. The van der Waals surface area contributed by atoms with Crippen LogP contribution in [0, 0.1) is 13.8 Å². The monoisotopic (exact) mass is 395 g/mol. The molecule has 26 heavy (non-hydrogen) atoms. The van der Waals surface area contributed by atoms with Crippen molar-refractivity contribution in [2.45, 2.75) is 38.0 Å². The van der Waals surface area contributed by atoms with Crippen molar-refractivity contribution < 1.29 is 13.2 Å². The summed E-state index contributed by atoms with van der Waals surface area (Å²) in [5.74, 6) is -0.126. The zero-order valence-electron chi connectivity index (χ0n) is 15.0. The summed E-state index contributed by atoms with van der Waals surface area (Å²) in [6, 6.07) is 8.37. The van der Waals surface area contributed by atoms with Crippen LogP contribution in [0.3, 0.4) is 0 Å². The number of thiophene rings is 1. The Hall–Kier alpha value is -1.74. The van der Waals surface area contributed by atoms with Gasteiger partial charge in [-0.1, -0.05) is 6.07 Å². The van der Waals surface area contributed by atoms with Gasteiger partial charge in [0.25, 0.3) is 0 Å². The Morgan fingerprint density at radius 1 is 1.23 bits per heavy atom. The number of hydrogen-bond acceptors (Lipinski definition) is 5. The molecule has 2 rings (SSSR count). The van der Waals surface area contributed by atoms with Crippen LogP contribution in [0.1, 0.15) is 28.2 Å². The van der Waals surface area contributed by atoms with Crippen LogP contribution >= 0.6 is 11.3 Å². The quantitative estimate of drug-likeness (QED) is 0.607. The third-order valence-electron chi connectivity index (χ3n) is 3.86. The van der Waals surface area contributed by atoms with E-state index in [1.807, 2.05) is 0 Å². The van der Waals surface area contributed by atoms with Gasteiger partial charge in [-0.3, -0.25) is 4.79 Å². The van der Waals surface area contributed by atoms with E-state index in [4.69, 9.17) is 5.73 Å². The van der Waals surface area contributed by atoms with E-state index >= 15 is 0 Å². The lowest BCUT2D eigenvalue weighted by atomic mass is 10.1. The molecule has 0 aliphatic heterocycles. The molecule has 1 heterocycles. The zero-order valence-corrected chi connectivity index (χ0v) is 16.7. The van der Waals surface area contributed by atoms with Crippen LogP contribution in [0.5, 0.6) is 0 Å². The third kappa shape index (κ3) is 5.91. The van der Waals surface area contributed by atoms with Crippen molar-refractivity contribution >= 4 is 33.0 Å². The van der Waals surface area contributed by atoms with Crippen LogP contribution in [0.25, 0.3) is 0 Å². The Balaban J connectivity index is 1.90. The molecule has 1 aromatic heterocycles. The number of carbonyl (C=O) groups is 1. The summed E-state index contributed by atoms with van der Waals surface area (Å²) in [5, 5.41) is 2.76. The maximum Gasteiger partial charge on any atom is 0.240 e. The first-order valence-electron chi connectivity index (χ1n) is 8.47. The molecule has 0 aliphatic carbocycles. The van der Waals surface area contributed by atoms with E-state index in [1.54, 1.807) is 23.5 Å². The lowest BCUT2D eigenvalue weighted by molar-refractivity contribution is -0.116. The summed E-state index contributed by atoms with van der Waals surface area (Å²) in [6.07, 6.45) is 2.00. The summed E-state index contributed by atoms with van der Waals surface area (Å²) in [6.45, 7) is 4.56. The summed E-state index contributed by atoms with van der Waals surface area (Å²) >= 11 is 1.77. The minimum Gasteiger partial charge on any atom is -0.329 e. The molecule has 0 bridgehead atoms. The van der Waals surface area contributed by atoms with Gasteiger partial charge >= 0.3 is 0 Å². The standard InChI is InChI=1S/C18H25N3O3S2/c1-13-11-15(14(2)25-13)5-3-8-18(22)21-16-6-4-7-17(12-16)26(23,24)20-10-9-19/h4,6-7,11-12,20H,3,5,8-10,19H2,1-2H3,(H,21,22). The van der Waals surface area contributed by atoms with Gasteiger partial charge in [0.05, 0.1) is 4.90 Å². The first-order chi connectivity index (χ1) is 12.3. The Morgan fingerprint density at radius 3 is 2.65 bits per heavy atom. The molecule has 0 spiro atoms. The third-order valence-corrected chi connectivity index (χ3v) is 6.33. The molecular weight excluding hydrogens is 370 g/mol. The minimum absolute atomic E-state index is 0.105. The first-order valence-corrected chi connectivity index (χ1v) is 10.8. The maximum absolute atomic E-state index is 12.1. The average molecular weight is 396 g/mol. The van der Waals surface area contributed by atoms with Gasteiger partial charge in [0.15, 0.2) is 0 Å². The van der Waals surface area contributed by atoms with Crippen LogP contribution in [-0.2, 0) is 21.2 Å². The van der Waals surface area contributed by atoms with Gasteiger partial charge in [-0.25, -0.2) is 13.1 Å². The van der Waals surface area contributed by atoms with E-state index in [1.165, 1.54) is 27.5 Å². The Morgan fingerprint density at radius 2 is 2.00 bits per heavy atom. The Labute approximate surface area is 158 Å². The van der Waals surface area contributed by atoms with Crippen LogP contribution in [0.15, 0.2) is 35.2 Å². The molecule has 1 aromatic carbocycles. The largest absolute Gasteiger partial charge is 0.329 e. The van der Waals surface area contributed by atoms with Crippen LogP contribution < -0.4 is 15.8 Å². The molecule has 0 saturated carbocycles. The highest BCUT2D eigenvalue weighted by molar-refractivity contribution is 7.89. The molecule has 0 saturated heterocycles. The summed E-state index contributed by atoms with van der Waals surface area (Å²) < 4.78 is 26.6. The Kier molecular flexibility index (Phi) is 7.33. The molecular formula is C18H25N3O3S2. The number of nitrogens with two attached hydrogens (primary N) is 1. The van der Waals surface area contributed by atoms with Crippen molar-refractivity contribution in [2.75, 3.05) is 18.4 Å². The molecule has 2 aromatic rings. The van der Waals surface area contributed by atoms with Crippen LogP contribution in [-0.4, -0.2) is 27.4 Å². The first kappa shape index (κ1) is 20.6. The van der Waals surface area contributed by atoms with Crippen molar-refractivity contribution in [3.63, 3.8) is 0 Å². The number of anilines is 1. The highest BCUT2D eigenvalue weighted by Crippen LogP contribution is 2.22. The number of carbonyl (C=O) groups excluding carboxylic acids is 1. The van der Waals surface area contributed by atoms with E-state index in [2.05, 4.69) is 30.0 Å². The van der Waals surface area contributed by atoms with Crippen molar-refractivity contribution in [3.8, 4) is 0 Å². The fraction of sp³-hybridized carbons (Fsp3) is 0.389. The average Bonchev–Trinajstić information content (AvgIpc) is 2.91. The SMILES string of the molecule is Cc1cc(CCCC(=O)Nc2cccc(S(=O)(=O)NCCN)c2)c(C)s1. The maximum atomic E-state index is 12.1. The molecule has 4 N–H and O–H groups in total. The van der Waals surface area contributed by atoms with Gasteiger partial charge in [0, 0.05) is 35.0 Å². The molecule has 142 valence electrons. The second-order valence-electron chi connectivity index (χ2n) is 6.05. The van der Waals surface area contributed by atoms with E-state index < -0.39 is 10.0 Å². The molecule has 6 nitrogen and oxygen atoms in total. The van der Waals surface area contributed by atoms with Crippen molar-refractivity contribution in [1.82, 2.24) is 4.72 Å². The zero-order chi connectivity index (χ0) is 19.2. The fourth-order valence-electron chi connectivity index (χ4n) is 2.61. The van der Waals surface area contributed by atoms with Gasteiger partial charge in [-0.15, -0.1) is 11.3 Å². The molecule has 0 radical (unpaired) electrons. The fourth-order valence-corrected chi connectivity index (χ4v) is 4.68. The second-order valence-corrected chi connectivity index (χ2v) is 9.28. The number of amides is 1. The number of hydrogen-bond donors (Lipinski definition) is 3. The van der Waals surface area contributed by atoms with E-state index in [0.29, 0.717) is 12.1 Å². The van der Waals surface area contributed by atoms with Gasteiger partial charge in [-0.05, 0) is 56.5 Å².